The minimum Gasteiger partial charge on any atom is -0.387 e. The standard InChI is InChI=1S/C57H95N2O6P/c1-6-8-10-12-14-16-18-20-21-22-23-24-25-26-27-28-29-30-31-32-33-34-35-36-37-39-41-43-45-47-49-51-57(61)58-55(54-65-66(62,63)64-53-52-59(3,4)5)56(60)50-48-46-44-42-40-38-19-17-15-13-11-9-7-2/h8,10,14-17,20-21,23-24,26-27,29-30,32-33,35-36,40,42,48,50,55-56,60H,6-7,9,11-13,18-19,22,25,28,31,34,37-39,41,43-47,49,51-54H2,1-5H3,(H-,58,61,62,63)/p+1/b10-8-,16-14-,17-15+,21-20-,24-23-,27-26-,30-29-,33-32-,36-35-,42-40+,50-48+. The van der Waals surface area contributed by atoms with Crippen molar-refractivity contribution in [3.05, 3.63) is 134 Å². The van der Waals surface area contributed by atoms with Crippen molar-refractivity contribution in [3.8, 4) is 0 Å². The van der Waals surface area contributed by atoms with Crippen molar-refractivity contribution in [1.82, 2.24) is 5.32 Å². The van der Waals surface area contributed by atoms with Crippen LogP contribution in [-0.4, -0.2) is 73.4 Å². The molecular formula is C57H96N2O6P+. The second-order valence-electron chi connectivity index (χ2n) is 17.8. The van der Waals surface area contributed by atoms with E-state index >= 15 is 0 Å². The highest BCUT2D eigenvalue weighted by molar-refractivity contribution is 7.47. The van der Waals surface area contributed by atoms with Gasteiger partial charge in [-0.05, 0) is 109 Å². The molecule has 66 heavy (non-hydrogen) atoms. The van der Waals surface area contributed by atoms with Gasteiger partial charge in [-0.25, -0.2) is 4.57 Å². The Bertz CT molecular complexity index is 1530. The molecule has 0 saturated carbocycles. The van der Waals surface area contributed by atoms with Crippen LogP contribution in [0.25, 0.3) is 0 Å². The van der Waals surface area contributed by atoms with Crippen molar-refractivity contribution in [1.29, 1.82) is 0 Å². The summed E-state index contributed by atoms with van der Waals surface area (Å²) in [4.78, 5) is 23.2. The number of phosphoric acid groups is 1. The third-order valence-corrected chi connectivity index (χ3v) is 11.3. The Labute approximate surface area is 405 Å². The molecule has 1 amide bonds. The molecule has 0 fully saturated rings. The van der Waals surface area contributed by atoms with Gasteiger partial charge in [0.1, 0.15) is 13.2 Å². The number of carbonyl (C=O) groups excluding carboxylic acids is 1. The second-order valence-corrected chi connectivity index (χ2v) is 19.2. The topological polar surface area (TPSA) is 105 Å². The monoisotopic (exact) mass is 936 g/mol. The van der Waals surface area contributed by atoms with Crippen molar-refractivity contribution in [2.24, 2.45) is 0 Å². The lowest BCUT2D eigenvalue weighted by atomic mass is 10.1. The van der Waals surface area contributed by atoms with Crippen LogP contribution < -0.4 is 5.32 Å². The SMILES string of the molecule is CC/C=C\C/C=C\C/C=C\C/C=C\C/C=C\C/C=C\C/C=C\C/C=C\CCCCCCCCC(=O)NC(COP(=O)(O)OCC[N+](C)(C)C)C(O)/C=C/CC/C=C/CC/C=C/CCCCC. The van der Waals surface area contributed by atoms with E-state index in [4.69, 9.17) is 9.05 Å². The number of amides is 1. The molecule has 3 atom stereocenters. The van der Waals surface area contributed by atoms with E-state index in [0.29, 0.717) is 17.4 Å². The number of aliphatic hydroxyl groups excluding tert-OH is 1. The number of hydrogen-bond donors (Lipinski definition) is 3. The Morgan fingerprint density at radius 2 is 0.924 bits per heavy atom. The molecule has 0 aromatic heterocycles. The van der Waals surface area contributed by atoms with Crippen LogP contribution >= 0.6 is 7.82 Å². The number of phosphoric ester groups is 1. The smallest absolute Gasteiger partial charge is 0.387 e. The van der Waals surface area contributed by atoms with Gasteiger partial charge < -0.3 is 19.8 Å². The largest absolute Gasteiger partial charge is 0.472 e. The lowest BCUT2D eigenvalue weighted by Crippen LogP contribution is -2.45. The molecule has 0 aromatic rings. The average Bonchev–Trinajstić information content (AvgIpc) is 3.28. The Hall–Kier alpha value is -3.36. The summed E-state index contributed by atoms with van der Waals surface area (Å²) in [6, 6.07) is -0.887. The number of unbranched alkanes of at least 4 members (excludes halogenated alkanes) is 11. The normalized spacial score (nSPS) is 15.2. The van der Waals surface area contributed by atoms with E-state index < -0.39 is 20.0 Å². The summed E-state index contributed by atoms with van der Waals surface area (Å²) in [5.41, 5.74) is 0. The number of nitrogens with one attached hydrogen (secondary N) is 1. The molecule has 0 aliphatic rings. The van der Waals surface area contributed by atoms with E-state index in [9.17, 15) is 19.4 Å². The molecule has 0 saturated heterocycles. The molecule has 9 heteroatoms. The minimum atomic E-state index is -4.37. The van der Waals surface area contributed by atoms with Crippen LogP contribution in [-0.2, 0) is 18.4 Å². The maximum absolute atomic E-state index is 12.9. The molecule has 0 heterocycles. The molecule has 0 aliphatic heterocycles. The van der Waals surface area contributed by atoms with Crippen LogP contribution in [0.4, 0.5) is 0 Å². The maximum Gasteiger partial charge on any atom is 0.472 e. The first-order valence-electron chi connectivity index (χ1n) is 25.6. The van der Waals surface area contributed by atoms with Crippen LogP contribution in [0.5, 0.6) is 0 Å². The van der Waals surface area contributed by atoms with Crippen molar-refractivity contribution in [2.75, 3.05) is 40.9 Å². The molecule has 3 N–H and O–H groups in total. The third-order valence-electron chi connectivity index (χ3n) is 10.3. The van der Waals surface area contributed by atoms with Crippen LogP contribution in [0.3, 0.4) is 0 Å². The fourth-order valence-electron chi connectivity index (χ4n) is 6.32. The molecule has 0 rings (SSSR count). The van der Waals surface area contributed by atoms with Crippen LogP contribution in [0, 0.1) is 0 Å². The summed E-state index contributed by atoms with van der Waals surface area (Å²) in [5, 5.41) is 13.8. The lowest BCUT2D eigenvalue weighted by molar-refractivity contribution is -0.870. The van der Waals surface area contributed by atoms with Crippen LogP contribution in [0.2, 0.25) is 0 Å². The summed E-state index contributed by atoms with van der Waals surface area (Å²) in [6.07, 6.45) is 71.1. The number of likely N-dealkylation sites (N-methyl/N-ethyl adjacent to an activating group) is 1. The number of rotatable bonds is 44. The minimum absolute atomic E-state index is 0.0423. The lowest BCUT2D eigenvalue weighted by Gasteiger charge is -2.25. The fourth-order valence-corrected chi connectivity index (χ4v) is 7.06. The summed E-state index contributed by atoms with van der Waals surface area (Å²) in [7, 11) is 1.51. The predicted molar refractivity (Wildman–Crippen MR) is 285 cm³/mol. The quantitative estimate of drug-likeness (QED) is 0.0243. The van der Waals surface area contributed by atoms with Crippen molar-refractivity contribution in [3.63, 3.8) is 0 Å². The average molecular weight is 936 g/mol. The first-order valence-corrected chi connectivity index (χ1v) is 27.1. The number of hydrogen-bond acceptors (Lipinski definition) is 5. The zero-order valence-electron chi connectivity index (χ0n) is 42.4. The van der Waals surface area contributed by atoms with Gasteiger partial charge >= 0.3 is 7.82 Å². The van der Waals surface area contributed by atoms with Crippen LogP contribution in [0.1, 0.15) is 168 Å². The van der Waals surface area contributed by atoms with Crippen molar-refractivity contribution < 1.29 is 32.9 Å². The highest BCUT2D eigenvalue weighted by Crippen LogP contribution is 2.43. The van der Waals surface area contributed by atoms with Gasteiger partial charge in [0, 0.05) is 6.42 Å². The number of nitrogens with zero attached hydrogens (tertiary/aromatic N) is 1. The highest BCUT2D eigenvalue weighted by Gasteiger charge is 2.27. The third kappa shape index (κ3) is 48.6. The summed E-state index contributed by atoms with van der Waals surface area (Å²) in [5.74, 6) is -0.214. The fraction of sp³-hybridized carbons (Fsp3) is 0.596. The van der Waals surface area contributed by atoms with E-state index in [1.54, 1.807) is 6.08 Å². The highest BCUT2D eigenvalue weighted by atomic mass is 31.2. The van der Waals surface area contributed by atoms with Gasteiger partial charge in [0.25, 0.3) is 0 Å². The predicted octanol–water partition coefficient (Wildman–Crippen LogP) is 15.2. The number of allylic oxidation sites excluding steroid dienone is 21. The molecule has 3 unspecified atom stereocenters. The Balaban J connectivity index is 4.32. The molecular weight excluding hydrogens is 840 g/mol. The zero-order chi connectivity index (χ0) is 48.5. The Morgan fingerprint density at radius 3 is 1.39 bits per heavy atom. The van der Waals surface area contributed by atoms with E-state index in [2.05, 4.69) is 141 Å². The van der Waals surface area contributed by atoms with E-state index in [-0.39, 0.29) is 19.1 Å². The molecule has 374 valence electrons. The molecule has 8 nitrogen and oxygen atoms in total. The van der Waals surface area contributed by atoms with E-state index in [0.717, 1.165) is 128 Å². The van der Waals surface area contributed by atoms with Gasteiger partial charge in [0.15, 0.2) is 0 Å². The molecule has 0 radical (unpaired) electrons. The van der Waals surface area contributed by atoms with Crippen LogP contribution in [0.15, 0.2) is 134 Å². The maximum atomic E-state index is 12.9. The van der Waals surface area contributed by atoms with E-state index in [1.807, 2.05) is 27.2 Å². The number of quaternary nitrogens is 1. The van der Waals surface area contributed by atoms with Gasteiger partial charge in [-0.2, -0.15) is 0 Å². The Morgan fingerprint density at radius 1 is 0.530 bits per heavy atom. The zero-order valence-corrected chi connectivity index (χ0v) is 43.3. The first-order chi connectivity index (χ1) is 32.0. The first kappa shape index (κ1) is 62.6. The van der Waals surface area contributed by atoms with Gasteiger partial charge in [0.05, 0.1) is 39.9 Å². The van der Waals surface area contributed by atoms with Crippen molar-refractivity contribution >= 4 is 13.7 Å². The van der Waals surface area contributed by atoms with Gasteiger partial charge in [-0.15, -0.1) is 0 Å². The molecule has 0 bridgehead atoms. The number of aliphatic hydroxyl groups is 1. The summed E-state index contributed by atoms with van der Waals surface area (Å²) >= 11 is 0. The molecule has 0 spiro atoms. The number of carbonyl (C=O) groups is 1. The van der Waals surface area contributed by atoms with Crippen molar-refractivity contribution in [2.45, 2.75) is 180 Å². The summed E-state index contributed by atoms with van der Waals surface area (Å²) < 4.78 is 23.6. The van der Waals surface area contributed by atoms with Gasteiger partial charge in [-0.1, -0.05) is 186 Å². The van der Waals surface area contributed by atoms with Gasteiger partial charge in [-0.3, -0.25) is 13.8 Å². The van der Waals surface area contributed by atoms with Gasteiger partial charge in [0.2, 0.25) is 5.91 Å². The molecule has 0 aromatic carbocycles. The Kier molecular flexibility index (Phi) is 44.4. The molecule has 0 aliphatic carbocycles. The second kappa shape index (κ2) is 46.7. The van der Waals surface area contributed by atoms with E-state index in [1.165, 1.54) is 19.3 Å². The summed E-state index contributed by atoms with van der Waals surface area (Å²) in [6.45, 7) is 4.59.